The fraction of sp³-hybridized carbons (Fsp3) is 1.00. The molecular formula is C3H2Br2F4. The molecule has 0 atom stereocenters. The van der Waals surface area contributed by atoms with Gasteiger partial charge in [0.15, 0.2) is 0 Å². The highest BCUT2D eigenvalue weighted by molar-refractivity contribution is 9.10. The van der Waals surface area contributed by atoms with Crippen molar-refractivity contribution in [3.8, 4) is 0 Å². The maximum absolute atomic E-state index is 11.6. The second-order valence-electron chi connectivity index (χ2n) is 1.41. The smallest absolute Gasteiger partial charge is 0.194 e. The molecule has 0 bridgehead atoms. The largest absolute Gasteiger partial charge is 0.308 e. The normalized spacial score (nSPS) is 14.0. The van der Waals surface area contributed by atoms with Gasteiger partial charge in [-0.05, 0) is 31.9 Å². The van der Waals surface area contributed by atoms with E-state index in [0.717, 1.165) is 0 Å². The average Bonchev–Trinajstić information content (AvgIpc) is 1.14. The summed E-state index contributed by atoms with van der Waals surface area (Å²) in [6, 6.07) is 0. The van der Waals surface area contributed by atoms with Crippen LogP contribution in [0.1, 0.15) is 6.42 Å². The Morgan fingerprint density at radius 2 is 1.11 bits per heavy atom. The minimum absolute atomic E-state index is 1.54. The predicted octanol–water partition coefficient (Wildman–Crippen LogP) is 3.35. The molecule has 0 fully saturated rings. The van der Waals surface area contributed by atoms with Crippen LogP contribution in [0.15, 0.2) is 0 Å². The lowest BCUT2D eigenvalue weighted by Gasteiger charge is -2.11. The molecule has 0 aliphatic heterocycles. The topological polar surface area (TPSA) is 0 Å². The molecule has 0 spiro atoms. The van der Waals surface area contributed by atoms with E-state index < -0.39 is 16.1 Å². The molecule has 0 aromatic rings. The van der Waals surface area contributed by atoms with Crippen molar-refractivity contribution >= 4 is 31.9 Å². The van der Waals surface area contributed by atoms with Crippen LogP contribution in [0.2, 0.25) is 0 Å². The van der Waals surface area contributed by atoms with E-state index in [0.29, 0.717) is 0 Å². The monoisotopic (exact) mass is 272 g/mol. The van der Waals surface area contributed by atoms with Gasteiger partial charge in [-0.15, -0.1) is 0 Å². The Morgan fingerprint density at radius 1 is 0.889 bits per heavy atom. The van der Waals surface area contributed by atoms with E-state index in [1.165, 1.54) is 0 Å². The lowest BCUT2D eigenvalue weighted by atomic mass is 10.5. The van der Waals surface area contributed by atoms with Crippen LogP contribution in [-0.4, -0.2) is 9.66 Å². The molecule has 0 nitrogen and oxygen atoms in total. The molecule has 0 saturated carbocycles. The summed E-state index contributed by atoms with van der Waals surface area (Å²) in [5.74, 6) is 0. The van der Waals surface area contributed by atoms with Crippen LogP contribution >= 0.6 is 31.9 Å². The van der Waals surface area contributed by atoms with Gasteiger partial charge in [-0.2, -0.15) is 17.6 Å². The Labute approximate surface area is 65.9 Å². The Bertz CT molecular complexity index is 79.0. The fourth-order valence-corrected chi connectivity index (χ4v) is 1.31. The molecule has 56 valence electrons. The lowest BCUT2D eigenvalue weighted by molar-refractivity contribution is 0.00702. The number of hydrogen-bond donors (Lipinski definition) is 0. The Morgan fingerprint density at radius 3 is 1.11 bits per heavy atom. The first-order valence-electron chi connectivity index (χ1n) is 1.84. The van der Waals surface area contributed by atoms with Gasteiger partial charge >= 0.3 is 9.66 Å². The van der Waals surface area contributed by atoms with Crippen molar-refractivity contribution < 1.29 is 17.6 Å². The molecule has 6 heteroatoms. The first-order valence-corrected chi connectivity index (χ1v) is 3.43. The van der Waals surface area contributed by atoms with Crippen LogP contribution in [0.3, 0.4) is 0 Å². The highest BCUT2D eigenvalue weighted by Crippen LogP contribution is 2.38. The van der Waals surface area contributed by atoms with Crippen LogP contribution in [0.5, 0.6) is 0 Å². The minimum atomic E-state index is -3.50. The lowest BCUT2D eigenvalue weighted by Crippen LogP contribution is -2.17. The summed E-state index contributed by atoms with van der Waals surface area (Å²) in [6.07, 6.45) is -1.54. The van der Waals surface area contributed by atoms with Gasteiger partial charge in [0.25, 0.3) is 0 Å². The average molecular weight is 274 g/mol. The van der Waals surface area contributed by atoms with Gasteiger partial charge in [0.2, 0.25) is 0 Å². The van der Waals surface area contributed by atoms with Crippen LogP contribution in [0, 0.1) is 0 Å². The number of hydrogen-bond acceptors (Lipinski definition) is 0. The predicted molar refractivity (Wildman–Crippen MR) is 32.4 cm³/mol. The molecule has 0 amide bonds. The zero-order valence-corrected chi connectivity index (χ0v) is 7.15. The first-order chi connectivity index (χ1) is 3.71. The maximum Gasteiger partial charge on any atom is 0.308 e. The summed E-state index contributed by atoms with van der Waals surface area (Å²) in [7, 11) is 0. The van der Waals surface area contributed by atoms with Crippen LogP contribution in [-0.2, 0) is 0 Å². The van der Waals surface area contributed by atoms with Crippen molar-refractivity contribution in [2.75, 3.05) is 0 Å². The summed E-state index contributed by atoms with van der Waals surface area (Å²) >= 11 is 3.54. The molecule has 0 N–H and O–H groups in total. The van der Waals surface area contributed by atoms with Gasteiger partial charge in [-0.1, -0.05) is 0 Å². The van der Waals surface area contributed by atoms with Gasteiger partial charge in [-0.25, -0.2) is 0 Å². The maximum atomic E-state index is 11.6. The van der Waals surface area contributed by atoms with Gasteiger partial charge < -0.3 is 0 Å². The van der Waals surface area contributed by atoms with Crippen LogP contribution in [0.4, 0.5) is 17.6 Å². The molecule has 9 heavy (non-hydrogen) atoms. The Hall–Kier alpha value is 0.680. The zero-order valence-electron chi connectivity index (χ0n) is 3.97. The third-order valence-corrected chi connectivity index (χ3v) is 0.962. The van der Waals surface area contributed by atoms with E-state index in [1.54, 1.807) is 31.9 Å². The fourth-order valence-electron chi connectivity index (χ4n) is 0.227. The van der Waals surface area contributed by atoms with E-state index >= 15 is 0 Å². The summed E-state index contributed by atoms with van der Waals surface area (Å²) in [5.41, 5.74) is 0. The van der Waals surface area contributed by atoms with Crippen molar-refractivity contribution in [2.24, 2.45) is 0 Å². The number of alkyl halides is 6. The Kier molecular flexibility index (Phi) is 2.94. The molecule has 0 radical (unpaired) electrons. The van der Waals surface area contributed by atoms with Crippen LogP contribution < -0.4 is 0 Å². The van der Waals surface area contributed by atoms with Gasteiger partial charge in [0.05, 0.1) is 6.42 Å². The van der Waals surface area contributed by atoms with E-state index in [9.17, 15) is 17.6 Å². The third-order valence-electron chi connectivity index (χ3n) is 0.401. The summed E-state index contributed by atoms with van der Waals surface area (Å²) in [4.78, 5) is -7.00. The van der Waals surface area contributed by atoms with E-state index in [-0.39, 0.29) is 0 Å². The molecule has 0 aromatic carbocycles. The summed E-state index contributed by atoms with van der Waals surface area (Å²) in [5, 5.41) is 0. The highest BCUT2D eigenvalue weighted by atomic mass is 79.9. The molecule has 0 rings (SSSR count). The third kappa shape index (κ3) is 8.68. The van der Waals surface area contributed by atoms with Crippen molar-refractivity contribution in [3.63, 3.8) is 0 Å². The summed E-state index contributed by atoms with van der Waals surface area (Å²) in [6.45, 7) is 0. The standard InChI is InChI=1S/C3H2Br2F4/c4-2(6,7)1-3(5,8)9/h1H2. The molecule has 0 aromatic heterocycles. The van der Waals surface area contributed by atoms with Crippen molar-refractivity contribution in [2.45, 2.75) is 16.1 Å². The minimum Gasteiger partial charge on any atom is -0.194 e. The second kappa shape index (κ2) is 2.74. The molecule has 0 aliphatic carbocycles. The quantitative estimate of drug-likeness (QED) is 0.535. The van der Waals surface area contributed by atoms with Crippen molar-refractivity contribution in [3.05, 3.63) is 0 Å². The molecule has 0 unspecified atom stereocenters. The van der Waals surface area contributed by atoms with E-state index in [4.69, 9.17) is 0 Å². The molecule has 0 heterocycles. The second-order valence-corrected chi connectivity index (χ2v) is 3.73. The molecule has 0 aliphatic rings. The van der Waals surface area contributed by atoms with Gasteiger partial charge in [-0.3, -0.25) is 0 Å². The highest BCUT2D eigenvalue weighted by Gasteiger charge is 2.38. The summed E-state index contributed by atoms with van der Waals surface area (Å²) < 4.78 is 46.5. The van der Waals surface area contributed by atoms with Crippen LogP contribution in [0.25, 0.3) is 0 Å². The van der Waals surface area contributed by atoms with Crippen molar-refractivity contribution in [1.82, 2.24) is 0 Å². The number of halogens is 6. The molecular weight excluding hydrogens is 272 g/mol. The first kappa shape index (κ1) is 9.68. The number of rotatable bonds is 2. The van der Waals surface area contributed by atoms with Gasteiger partial charge in [0, 0.05) is 0 Å². The Balaban J connectivity index is 3.75. The van der Waals surface area contributed by atoms with E-state index in [1.807, 2.05) is 0 Å². The van der Waals surface area contributed by atoms with Gasteiger partial charge in [0.1, 0.15) is 0 Å². The van der Waals surface area contributed by atoms with Crippen molar-refractivity contribution in [1.29, 1.82) is 0 Å². The zero-order chi connectivity index (χ0) is 7.71. The van der Waals surface area contributed by atoms with E-state index in [2.05, 4.69) is 0 Å². The molecule has 0 saturated heterocycles. The SMILES string of the molecule is FC(F)(Br)CC(F)(F)Br.